The average molecular weight is 423 g/mol. The van der Waals surface area contributed by atoms with Gasteiger partial charge in [-0.05, 0) is 25.1 Å². The van der Waals surface area contributed by atoms with Crippen molar-refractivity contribution in [3.63, 3.8) is 0 Å². The van der Waals surface area contributed by atoms with Crippen molar-refractivity contribution in [2.75, 3.05) is 16.8 Å². The van der Waals surface area contributed by atoms with Crippen molar-refractivity contribution < 1.29 is 0 Å². The Hall–Kier alpha value is -4.17. The number of hydrogen-bond acceptors (Lipinski definition) is 9. The van der Waals surface area contributed by atoms with Crippen molar-refractivity contribution in [3.05, 3.63) is 57.2 Å². The van der Waals surface area contributed by atoms with Gasteiger partial charge in [0.2, 0.25) is 5.95 Å². The Balaban J connectivity index is 1.91. The van der Waals surface area contributed by atoms with Gasteiger partial charge in [-0.15, -0.1) is 0 Å². The number of nitrogen functional groups attached to an aromatic ring is 2. The molecule has 0 bridgehead atoms. The van der Waals surface area contributed by atoms with Crippen LogP contribution < -0.4 is 22.3 Å². The Morgan fingerprint density at radius 1 is 1.27 bits per heavy atom. The molecule has 0 aliphatic carbocycles. The first kappa shape index (κ1) is 19.2. The number of halogens is 1. The minimum atomic E-state index is -0.582. The molecule has 4 rings (SSSR count). The van der Waals surface area contributed by atoms with E-state index in [1.54, 1.807) is 31.2 Å². The number of benzene rings is 1. The smallest absolute Gasteiger partial charge is 0.267 e. The summed E-state index contributed by atoms with van der Waals surface area (Å²) < 4.78 is 1.38. The molecule has 0 fully saturated rings. The van der Waals surface area contributed by atoms with Crippen LogP contribution in [-0.2, 0) is 0 Å². The Kier molecular flexibility index (Phi) is 4.69. The van der Waals surface area contributed by atoms with E-state index in [1.165, 1.54) is 10.8 Å². The van der Waals surface area contributed by atoms with Crippen molar-refractivity contribution >= 4 is 40.1 Å². The standard InChI is InChI=1S/C18H15ClN10O/c1-8(24-15-11(7-20)14(21)26-18(22)27-15)16-25-12-3-2-9(19)6-10(12)17(30)29(16)13-4-5-23-28-13/h2-6,8H,1H3,(H,23,28)(H5,21,22,24,26,27)/t8-/m0/s1. The van der Waals surface area contributed by atoms with Gasteiger partial charge in [0.1, 0.15) is 29.1 Å². The largest absolute Gasteiger partial charge is 0.382 e. The first-order chi connectivity index (χ1) is 14.4. The number of fused-ring (bicyclic) bond motifs is 1. The van der Waals surface area contributed by atoms with E-state index >= 15 is 0 Å². The second-order valence-corrected chi connectivity index (χ2v) is 6.82. The van der Waals surface area contributed by atoms with Crippen LogP contribution in [0.1, 0.15) is 24.4 Å². The molecule has 0 spiro atoms. The van der Waals surface area contributed by atoms with Crippen LogP contribution in [0.2, 0.25) is 5.02 Å². The highest BCUT2D eigenvalue weighted by Gasteiger charge is 2.21. The number of rotatable bonds is 4. The van der Waals surface area contributed by atoms with Crippen LogP contribution in [0.4, 0.5) is 17.6 Å². The lowest BCUT2D eigenvalue weighted by Crippen LogP contribution is -2.28. The zero-order valence-electron chi connectivity index (χ0n) is 15.6. The Bertz CT molecular complexity index is 1360. The molecule has 6 N–H and O–H groups in total. The molecule has 3 heterocycles. The molecule has 0 unspecified atom stereocenters. The van der Waals surface area contributed by atoms with Crippen LogP contribution in [0.15, 0.2) is 35.3 Å². The van der Waals surface area contributed by atoms with Crippen LogP contribution in [0.25, 0.3) is 16.7 Å². The van der Waals surface area contributed by atoms with Gasteiger partial charge in [0, 0.05) is 11.1 Å². The number of hydrogen-bond donors (Lipinski definition) is 4. The van der Waals surface area contributed by atoms with Gasteiger partial charge in [-0.1, -0.05) is 11.6 Å². The van der Waals surface area contributed by atoms with Crippen molar-refractivity contribution in [1.29, 1.82) is 5.26 Å². The number of aromatic nitrogens is 6. The number of aromatic amines is 1. The number of nitrogens with two attached hydrogens (primary N) is 2. The summed E-state index contributed by atoms with van der Waals surface area (Å²) in [4.78, 5) is 25.7. The minimum Gasteiger partial charge on any atom is -0.382 e. The molecule has 0 saturated carbocycles. The Morgan fingerprint density at radius 2 is 2.07 bits per heavy atom. The number of anilines is 3. The Morgan fingerprint density at radius 3 is 2.77 bits per heavy atom. The third-order valence-corrected chi connectivity index (χ3v) is 4.62. The first-order valence-corrected chi connectivity index (χ1v) is 9.08. The third-order valence-electron chi connectivity index (χ3n) is 4.39. The summed E-state index contributed by atoms with van der Waals surface area (Å²) >= 11 is 6.06. The van der Waals surface area contributed by atoms with E-state index in [9.17, 15) is 10.1 Å². The zero-order chi connectivity index (χ0) is 21.4. The van der Waals surface area contributed by atoms with Gasteiger partial charge in [0.05, 0.1) is 23.1 Å². The molecule has 150 valence electrons. The lowest BCUT2D eigenvalue weighted by molar-refractivity contribution is 0.719. The van der Waals surface area contributed by atoms with E-state index in [2.05, 4.69) is 30.5 Å². The SMILES string of the molecule is C[C@H](Nc1nc(N)nc(N)c1C#N)c1nc2ccc(Cl)cc2c(=O)n1-c1ccn[nH]1. The number of nitriles is 1. The lowest BCUT2D eigenvalue weighted by Gasteiger charge is -2.20. The molecular weight excluding hydrogens is 408 g/mol. The first-order valence-electron chi connectivity index (χ1n) is 8.70. The lowest BCUT2D eigenvalue weighted by atomic mass is 10.2. The number of H-pyrrole nitrogens is 1. The second-order valence-electron chi connectivity index (χ2n) is 6.38. The summed E-state index contributed by atoms with van der Waals surface area (Å²) in [5.41, 5.74) is 11.6. The second kappa shape index (κ2) is 7.34. The van der Waals surface area contributed by atoms with E-state index in [-0.39, 0.29) is 28.7 Å². The van der Waals surface area contributed by atoms with Gasteiger partial charge in [-0.3, -0.25) is 9.89 Å². The van der Waals surface area contributed by atoms with Gasteiger partial charge < -0.3 is 16.8 Å². The van der Waals surface area contributed by atoms with Crippen molar-refractivity contribution in [1.82, 2.24) is 29.7 Å². The van der Waals surface area contributed by atoms with Crippen molar-refractivity contribution in [2.24, 2.45) is 0 Å². The molecular formula is C18H15ClN10O. The molecule has 0 amide bonds. The highest BCUT2D eigenvalue weighted by atomic mass is 35.5. The van der Waals surface area contributed by atoms with Crippen LogP contribution in [0.5, 0.6) is 0 Å². The van der Waals surface area contributed by atoms with E-state index < -0.39 is 6.04 Å². The Labute approximate surface area is 174 Å². The zero-order valence-corrected chi connectivity index (χ0v) is 16.3. The fraction of sp³-hybridized carbons (Fsp3) is 0.111. The summed E-state index contributed by atoms with van der Waals surface area (Å²) in [6, 6.07) is 7.87. The third kappa shape index (κ3) is 3.25. The van der Waals surface area contributed by atoms with Gasteiger partial charge >= 0.3 is 0 Å². The summed E-state index contributed by atoms with van der Waals surface area (Å²) in [6.07, 6.45) is 1.52. The molecule has 0 saturated heterocycles. The molecule has 1 atom stereocenters. The molecule has 11 nitrogen and oxygen atoms in total. The maximum absolute atomic E-state index is 13.3. The van der Waals surface area contributed by atoms with Crippen LogP contribution >= 0.6 is 11.6 Å². The van der Waals surface area contributed by atoms with Gasteiger partial charge in [-0.25, -0.2) is 9.55 Å². The van der Waals surface area contributed by atoms with Crippen LogP contribution in [0, 0.1) is 11.3 Å². The van der Waals surface area contributed by atoms with Gasteiger partial charge in [0.25, 0.3) is 5.56 Å². The summed E-state index contributed by atoms with van der Waals surface area (Å²) in [7, 11) is 0. The quantitative estimate of drug-likeness (QED) is 0.381. The fourth-order valence-corrected chi connectivity index (χ4v) is 3.22. The summed E-state index contributed by atoms with van der Waals surface area (Å²) in [5.74, 6) is 0.760. The summed E-state index contributed by atoms with van der Waals surface area (Å²) in [6.45, 7) is 1.76. The molecule has 0 aliphatic heterocycles. The van der Waals surface area contributed by atoms with E-state index in [1.807, 2.05) is 6.07 Å². The fourth-order valence-electron chi connectivity index (χ4n) is 3.05. The van der Waals surface area contributed by atoms with Crippen LogP contribution in [-0.4, -0.2) is 29.7 Å². The molecule has 0 aliphatic rings. The predicted molar refractivity (Wildman–Crippen MR) is 112 cm³/mol. The summed E-state index contributed by atoms with van der Waals surface area (Å²) in [5, 5.41) is 19.9. The average Bonchev–Trinajstić information content (AvgIpc) is 3.22. The highest BCUT2D eigenvalue weighted by molar-refractivity contribution is 6.31. The number of nitrogens with one attached hydrogen (secondary N) is 2. The van der Waals surface area contributed by atoms with Crippen LogP contribution in [0.3, 0.4) is 0 Å². The molecule has 12 heteroatoms. The van der Waals surface area contributed by atoms with E-state index in [0.717, 1.165) is 0 Å². The maximum Gasteiger partial charge on any atom is 0.267 e. The predicted octanol–water partition coefficient (Wildman–Crippen LogP) is 1.76. The highest BCUT2D eigenvalue weighted by Crippen LogP contribution is 2.25. The minimum absolute atomic E-state index is 0.0408. The number of nitrogens with zero attached hydrogens (tertiary/aromatic N) is 6. The van der Waals surface area contributed by atoms with Crippen molar-refractivity contribution in [2.45, 2.75) is 13.0 Å². The molecule has 4 aromatic rings. The monoisotopic (exact) mass is 422 g/mol. The topological polar surface area (TPSA) is 177 Å². The van der Waals surface area contributed by atoms with Crippen molar-refractivity contribution in [3.8, 4) is 11.9 Å². The van der Waals surface area contributed by atoms with Gasteiger partial charge in [0.15, 0.2) is 5.82 Å². The normalized spacial score (nSPS) is 11.9. The van der Waals surface area contributed by atoms with E-state index in [0.29, 0.717) is 27.6 Å². The van der Waals surface area contributed by atoms with Gasteiger partial charge in [-0.2, -0.15) is 20.3 Å². The molecule has 0 radical (unpaired) electrons. The molecule has 1 aromatic carbocycles. The van der Waals surface area contributed by atoms with E-state index in [4.69, 9.17) is 23.1 Å². The molecule has 3 aromatic heterocycles. The maximum atomic E-state index is 13.3. The molecule has 30 heavy (non-hydrogen) atoms.